The van der Waals surface area contributed by atoms with E-state index in [4.69, 9.17) is 0 Å². The highest BCUT2D eigenvalue weighted by molar-refractivity contribution is 5.48. The van der Waals surface area contributed by atoms with E-state index in [1.807, 2.05) is 0 Å². The number of anilines is 1. The monoisotopic (exact) mass is 246 g/mol. The Balaban J connectivity index is 2.02. The van der Waals surface area contributed by atoms with Gasteiger partial charge in [-0.2, -0.15) is 0 Å². The lowest BCUT2D eigenvalue weighted by molar-refractivity contribution is 0.442. The van der Waals surface area contributed by atoms with Gasteiger partial charge in [-0.15, -0.1) is 0 Å². The molecule has 1 N–H and O–H groups in total. The molecule has 0 spiro atoms. The van der Waals surface area contributed by atoms with E-state index < -0.39 is 0 Å². The Morgan fingerprint density at radius 1 is 1.06 bits per heavy atom. The Labute approximate surface area is 111 Å². The van der Waals surface area contributed by atoms with Gasteiger partial charge in [0.15, 0.2) is 0 Å². The molecule has 0 unspecified atom stereocenters. The molecule has 0 bridgehead atoms. The highest BCUT2D eigenvalue weighted by atomic mass is 15.1. The van der Waals surface area contributed by atoms with Crippen molar-refractivity contribution in [1.29, 1.82) is 0 Å². The summed E-state index contributed by atoms with van der Waals surface area (Å²) in [6.07, 6.45) is 2.50. The molecule has 1 aromatic carbocycles. The molecule has 100 valence electrons. The Morgan fingerprint density at radius 2 is 1.61 bits per heavy atom. The maximum absolute atomic E-state index is 3.38. The molecule has 1 aliphatic heterocycles. The van der Waals surface area contributed by atoms with Crippen molar-refractivity contribution < 1.29 is 0 Å². The third-order valence-corrected chi connectivity index (χ3v) is 4.00. The van der Waals surface area contributed by atoms with Gasteiger partial charge >= 0.3 is 0 Å². The molecular formula is C16H26N2. The first-order valence-corrected chi connectivity index (χ1v) is 7.03. The zero-order valence-electron chi connectivity index (χ0n) is 12.2. The van der Waals surface area contributed by atoms with Crippen molar-refractivity contribution in [3.05, 3.63) is 29.8 Å². The second-order valence-corrected chi connectivity index (χ2v) is 6.35. The molecule has 18 heavy (non-hydrogen) atoms. The smallest absolute Gasteiger partial charge is 0.0366 e. The van der Waals surface area contributed by atoms with Crippen molar-refractivity contribution >= 4 is 5.69 Å². The predicted octanol–water partition coefficient (Wildman–Crippen LogP) is 3.17. The summed E-state index contributed by atoms with van der Waals surface area (Å²) in [6, 6.07) is 9.81. The summed E-state index contributed by atoms with van der Waals surface area (Å²) in [5.41, 5.74) is 3.03. The van der Waals surface area contributed by atoms with Crippen LogP contribution in [-0.4, -0.2) is 26.2 Å². The van der Waals surface area contributed by atoms with Gasteiger partial charge in [-0.3, -0.25) is 0 Å². The van der Waals surface area contributed by atoms with Gasteiger partial charge < -0.3 is 10.2 Å². The number of benzene rings is 1. The summed E-state index contributed by atoms with van der Waals surface area (Å²) >= 11 is 0. The average molecular weight is 246 g/mol. The zero-order chi connectivity index (χ0) is 13.2. The molecule has 1 saturated heterocycles. The van der Waals surface area contributed by atoms with Crippen molar-refractivity contribution in [1.82, 2.24) is 5.32 Å². The summed E-state index contributed by atoms with van der Waals surface area (Å²) in [6.45, 7) is 9.13. The van der Waals surface area contributed by atoms with Gasteiger partial charge in [-0.05, 0) is 43.0 Å². The van der Waals surface area contributed by atoms with Crippen LogP contribution >= 0.6 is 0 Å². The van der Waals surface area contributed by atoms with Gasteiger partial charge in [-0.1, -0.05) is 32.9 Å². The fourth-order valence-corrected chi connectivity index (χ4v) is 2.60. The molecule has 1 heterocycles. The highest BCUT2D eigenvalue weighted by Gasteiger charge is 2.18. The lowest BCUT2D eigenvalue weighted by atomic mass is 9.87. The van der Waals surface area contributed by atoms with Crippen LogP contribution in [0.1, 0.15) is 39.2 Å². The van der Waals surface area contributed by atoms with Gasteiger partial charge in [0, 0.05) is 24.8 Å². The van der Waals surface area contributed by atoms with Crippen LogP contribution in [0.3, 0.4) is 0 Å². The van der Waals surface area contributed by atoms with Crippen molar-refractivity contribution in [2.75, 3.05) is 25.0 Å². The largest absolute Gasteiger partial charge is 0.371 e. The Kier molecular flexibility index (Phi) is 3.96. The van der Waals surface area contributed by atoms with Crippen LogP contribution in [0.15, 0.2) is 24.3 Å². The van der Waals surface area contributed by atoms with Crippen molar-refractivity contribution in [2.45, 2.75) is 45.1 Å². The average Bonchev–Trinajstić information content (AvgIpc) is 2.38. The summed E-state index contributed by atoms with van der Waals surface area (Å²) in [5.74, 6) is 0. The summed E-state index contributed by atoms with van der Waals surface area (Å²) in [4.78, 5) is 2.50. The minimum atomic E-state index is 0.248. The standard InChI is InChI=1S/C16H26N2/c1-16(2,3)13-5-7-15(8-6-13)18-11-9-14(17-4)10-12-18/h5-8,14,17H,9-12H2,1-4H3. The number of hydrogen-bond donors (Lipinski definition) is 1. The number of nitrogens with one attached hydrogen (secondary N) is 1. The number of hydrogen-bond acceptors (Lipinski definition) is 2. The van der Waals surface area contributed by atoms with Crippen LogP contribution in [0.5, 0.6) is 0 Å². The van der Waals surface area contributed by atoms with E-state index in [-0.39, 0.29) is 5.41 Å². The SMILES string of the molecule is CNC1CCN(c2ccc(C(C)(C)C)cc2)CC1. The molecule has 0 atom stereocenters. The molecule has 0 saturated carbocycles. The molecule has 0 amide bonds. The number of rotatable bonds is 2. The summed E-state index contributed by atoms with van der Waals surface area (Å²) in [7, 11) is 2.07. The molecule has 0 aliphatic carbocycles. The van der Waals surface area contributed by atoms with Gasteiger partial charge in [-0.25, -0.2) is 0 Å². The first-order chi connectivity index (χ1) is 8.50. The fraction of sp³-hybridized carbons (Fsp3) is 0.625. The summed E-state index contributed by atoms with van der Waals surface area (Å²) < 4.78 is 0. The third-order valence-electron chi connectivity index (χ3n) is 4.00. The van der Waals surface area contributed by atoms with Crippen LogP contribution < -0.4 is 10.2 Å². The summed E-state index contributed by atoms with van der Waals surface area (Å²) in [5, 5.41) is 3.38. The van der Waals surface area contributed by atoms with Gasteiger partial charge in [0.1, 0.15) is 0 Å². The number of nitrogens with zero attached hydrogens (tertiary/aromatic N) is 1. The van der Waals surface area contributed by atoms with Crippen LogP contribution in [0.2, 0.25) is 0 Å². The predicted molar refractivity (Wildman–Crippen MR) is 79.4 cm³/mol. The first kappa shape index (κ1) is 13.4. The maximum Gasteiger partial charge on any atom is 0.0366 e. The van der Waals surface area contributed by atoms with Crippen LogP contribution in [0, 0.1) is 0 Å². The van der Waals surface area contributed by atoms with E-state index in [1.165, 1.54) is 37.2 Å². The third kappa shape index (κ3) is 3.05. The van der Waals surface area contributed by atoms with Crippen LogP contribution in [0.4, 0.5) is 5.69 Å². The maximum atomic E-state index is 3.38. The van der Waals surface area contributed by atoms with Crippen LogP contribution in [0.25, 0.3) is 0 Å². The van der Waals surface area contributed by atoms with E-state index in [2.05, 4.69) is 62.3 Å². The number of piperidine rings is 1. The minimum Gasteiger partial charge on any atom is -0.371 e. The molecule has 0 radical (unpaired) electrons. The topological polar surface area (TPSA) is 15.3 Å². The normalized spacial score (nSPS) is 18.1. The molecule has 1 fully saturated rings. The Hall–Kier alpha value is -1.02. The van der Waals surface area contributed by atoms with Crippen molar-refractivity contribution in [3.63, 3.8) is 0 Å². The molecule has 2 rings (SSSR count). The van der Waals surface area contributed by atoms with Gasteiger partial charge in [0.25, 0.3) is 0 Å². The Bertz CT molecular complexity index is 367. The second kappa shape index (κ2) is 5.31. The Morgan fingerprint density at radius 3 is 2.06 bits per heavy atom. The molecule has 2 heteroatoms. The molecule has 1 aliphatic rings. The minimum absolute atomic E-state index is 0.248. The van der Waals surface area contributed by atoms with E-state index in [1.54, 1.807) is 0 Å². The van der Waals surface area contributed by atoms with Gasteiger partial charge in [0.2, 0.25) is 0 Å². The molecule has 2 nitrogen and oxygen atoms in total. The van der Waals surface area contributed by atoms with E-state index in [0.29, 0.717) is 6.04 Å². The zero-order valence-corrected chi connectivity index (χ0v) is 12.2. The van der Waals surface area contributed by atoms with E-state index >= 15 is 0 Å². The highest BCUT2D eigenvalue weighted by Crippen LogP contribution is 2.26. The lowest BCUT2D eigenvalue weighted by Crippen LogP contribution is -2.41. The second-order valence-electron chi connectivity index (χ2n) is 6.35. The van der Waals surface area contributed by atoms with E-state index in [0.717, 1.165) is 0 Å². The first-order valence-electron chi connectivity index (χ1n) is 7.03. The molecule has 1 aromatic rings. The molecule has 0 aromatic heterocycles. The quantitative estimate of drug-likeness (QED) is 0.862. The molecular weight excluding hydrogens is 220 g/mol. The lowest BCUT2D eigenvalue weighted by Gasteiger charge is -2.33. The van der Waals surface area contributed by atoms with Crippen LogP contribution in [-0.2, 0) is 5.41 Å². The van der Waals surface area contributed by atoms with Crippen molar-refractivity contribution in [2.24, 2.45) is 0 Å². The van der Waals surface area contributed by atoms with Crippen molar-refractivity contribution in [3.8, 4) is 0 Å². The fourth-order valence-electron chi connectivity index (χ4n) is 2.60. The van der Waals surface area contributed by atoms with Gasteiger partial charge in [0.05, 0.1) is 0 Å². The van der Waals surface area contributed by atoms with E-state index in [9.17, 15) is 0 Å².